The molecule has 20 heteroatoms. The molecule has 0 aromatic heterocycles. The predicted octanol–water partition coefficient (Wildman–Crippen LogP) is 2.04. The molecule has 284 valence electrons. The number of hydrogen-bond donors (Lipinski definition) is 13. The number of hydrogen-bond acceptors (Lipinski definition) is 17. The quantitative estimate of drug-likeness (QED) is 0.0591. The highest BCUT2D eigenvalue weighted by Gasteiger charge is 2.37. The zero-order chi connectivity index (χ0) is 40.3. The molecule has 20 nitrogen and oxygen atoms in total. The number of carbonyl (C=O) groups is 5. The molecule has 4 aromatic rings. The second-order valence-electron chi connectivity index (χ2n) is 11.5. The molecule has 0 spiro atoms. The Hall–Kier alpha value is -7.77. The van der Waals surface area contributed by atoms with Crippen LogP contribution in [-0.4, -0.2) is 118 Å². The van der Waals surface area contributed by atoms with Gasteiger partial charge in [-0.15, -0.1) is 0 Å². The summed E-state index contributed by atoms with van der Waals surface area (Å²) in [6, 6.07) is 2.99. The summed E-state index contributed by atoms with van der Waals surface area (Å²) in [6.45, 7) is -0.629. The number of amides is 4. The monoisotopic (exact) mass is 754 g/mol. The first-order valence-corrected chi connectivity index (χ1v) is 15.2. The molecule has 54 heavy (non-hydrogen) atoms. The van der Waals surface area contributed by atoms with Crippen LogP contribution < -0.4 is 0 Å². The van der Waals surface area contributed by atoms with Crippen molar-refractivity contribution >= 4 is 29.6 Å². The molecule has 0 bridgehead atoms. The number of carboxylic acids is 1. The van der Waals surface area contributed by atoms with E-state index in [4.69, 9.17) is 0 Å². The van der Waals surface area contributed by atoms with Gasteiger partial charge < -0.3 is 66.4 Å². The van der Waals surface area contributed by atoms with E-state index in [2.05, 4.69) is 0 Å². The molecule has 0 saturated carbocycles. The van der Waals surface area contributed by atoms with Gasteiger partial charge in [-0.05, 0) is 67.8 Å². The number of phenols is 12. The van der Waals surface area contributed by atoms with Gasteiger partial charge in [0.25, 0.3) is 23.6 Å². The van der Waals surface area contributed by atoms with Crippen molar-refractivity contribution in [1.82, 2.24) is 9.80 Å². The maximum Gasteiger partial charge on any atom is 0.326 e. The topological polar surface area (TPSA) is 355 Å². The normalized spacial score (nSPS) is 11.4. The van der Waals surface area contributed by atoms with Gasteiger partial charge in [0.2, 0.25) is 0 Å². The Kier molecular flexibility index (Phi) is 11.0. The van der Waals surface area contributed by atoms with Crippen molar-refractivity contribution in [2.75, 3.05) is 6.54 Å². The number of nitrogens with zero attached hydrogens (tertiary/aromatic N) is 2. The van der Waals surface area contributed by atoms with Crippen LogP contribution in [0.15, 0.2) is 48.5 Å². The third-order valence-corrected chi connectivity index (χ3v) is 7.90. The second-order valence-corrected chi connectivity index (χ2v) is 11.5. The molecule has 0 radical (unpaired) electrons. The van der Waals surface area contributed by atoms with Gasteiger partial charge in [-0.25, -0.2) is 4.79 Å². The minimum atomic E-state index is -2.14. The lowest BCUT2D eigenvalue weighted by Gasteiger charge is -2.28. The Bertz CT molecular complexity index is 1970. The average molecular weight is 755 g/mol. The first kappa shape index (κ1) is 39.0. The van der Waals surface area contributed by atoms with E-state index in [0.29, 0.717) is 53.4 Å². The van der Waals surface area contributed by atoms with Crippen LogP contribution in [0.4, 0.5) is 0 Å². The zero-order valence-electron chi connectivity index (χ0n) is 27.3. The number of aromatic hydroxyl groups is 12. The Labute approximate surface area is 301 Å². The van der Waals surface area contributed by atoms with Crippen molar-refractivity contribution in [3.8, 4) is 69.0 Å². The van der Waals surface area contributed by atoms with Crippen LogP contribution in [0.2, 0.25) is 0 Å². The molecule has 0 fully saturated rings. The number of phenolic OH excluding ortho intramolecular Hbond substituents is 12. The molecule has 0 aliphatic rings. The molecule has 4 amide bonds. The van der Waals surface area contributed by atoms with Crippen molar-refractivity contribution in [3.63, 3.8) is 0 Å². The van der Waals surface area contributed by atoms with Gasteiger partial charge in [0, 0.05) is 28.8 Å². The van der Waals surface area contributed by atoms with E-state index >= 15 is 0 Å². The zero-order valence-corrected chi connectivity index (χ0v) is 27.3. The number of benzene rings is 4. The van der Waals surface area contributed by atoms with Gasteiger partial charge in [-0.3, -0.25) is 29.0 Å². The summed E-state index contributed by atoms with van der Waals surface area (Å²) in [6.07, 6.45) is -1.33. The third kappa shape index (κ3) is 7.76. The van der Waals surface area contributed by atoms with Gasteiger partial charge in [-0.2, -0.15) is 0 Å². The minimum Gasteiger partial charge on any atom is -0.504 e. The summed E-state index contributed by atoms with van der Waals surface area (Å²) in [7, 11) is 0. The van der Waals surface area contributed by atoms with Crippen LogP contribution in [0.1, 0.15) is 60.7 Å². The van der Waals surface area contributed by atoms with Crippen LogP contribution in [0.25, 0.3) is 0 Å². The van der Waals surface area contributed by atoms with Crippen molar-refractivity contribution in [2.24, 2.45) is 0 Å². The fourth-order valence-electron chi connectivity index (χ4n) is 5.14. The van der Waals surface area contributed by atoms with E-state index < -0.39 is 140 Å². The summed E-state index contributed by atoms with van der Waals surface area (Å²) in [5.41, 5.74) is -2.57. The summed E-state index contributed by atoms with van der Waals surface area (Å²) in [5, 5.41) is 129. The Morgan fingerprint density at radius 1 is 0.426 bits per heavy atom. The summed E-state index contributed by atoms with van der Waals surface area (Å²) >= 11 is 0. The van der Waals surface area contributed by atoms with E-state index in [0.717, 1.165) is 0 Å². The smallest absolute Gasteiger partial charge is 0.326 e. The molecule has 4 rings (SSSR count). The third-order valence-electron chi connectivity index (χ3n) is 7.90. The lowest BCUT2D eigenvalue weighted by Crippen LogP contribution is -2.49. The molecule has 0 aliphatic heterocycles. The number of carboxylic acid groups (broad SMARTS) is 1. The van der Waals surface area contributed by atoms with Crippen LogP contribution in [0.3, 0.4) is 0 Å². The first-order chi connectivity index (χ1) is 25.2. The fraction of sp³-hybridized carbons (Fsp3) is 0.147. The highest BCUT2D eigenvalue weighted by molar-refractivity contribution is 6.13. The number of rotatable bonds is 11. The molecule has 13 N–H and O–H groups in total. The lowest BCUT2D eigenvalue weighted by molar-refractivity contribution is -0.142. The number of carbonyl (C=O) groups excluding carboxylic acids is 4. The van der Waals surface area contributed by atoms with E-state index in [1.54, 1.807) is 0 Å². The molecule has 1 atom stereocenters. The van der Waals surface area contributed by atoms with Crippen molar-refractivity contribution < 1.29 is 90.4 Å². The van der Waals surface area contributed by atoms with Gasteiger partial charge >= 0.3 is 5.97 Å². The van der Waals surface area contributed by atoms with Crippen molar-refractivity contribution in [1.29, 1.82) is 0 Å². The molecule has 0 saturated heterocycles. The van der Waals surface area contributed by atoms with Crippen LogP contribution >= 0.6 is 0 Å². The summed E-state index contributed by atoms with van der Waals surface area (Å²) in [4.78, 5) is 67.6. The number of aliphatic carboxylic acids is 1. The van der Waals surface area contributed by atoms with Crippen LogP contribution in [0.5, 0.6) is 69.0 Å². The van der Waals surface area contributed by atoms with Gasteiger partial charge in [0.15, 0.2) is 69.0 Å². The molecule has 0 heterocycles. The van der Waals surface area contributed by atoms with Gasteiger partial charge in [0.05, 0.1) is 0 Å². The highest BCUT2D eigenvalue weighted by Crippen LogP contribution is 2.40. The van der Waals surface area contributed by atoms with Crippen molar-refractivity contribution in [3.05, 3.63) is 70.8 Å². The summed E-state index contributed by atoms with van der Waals surface area (Å²) in [5.74, 6) is -19.4. The highest BCUT2D eigenvalue weighted by atomic mass is 16.4. The van der Waals surface area contributed by atoms with Crippen molar-refractivity contribution in [2.45, 2.75) is 25.3 Å². The minimum absolute atomic E-state index is 0.108. The van der Waals surface area contributed by atoms with Gasteiger partial charge in [-0.1, -0.05) is 0 Å². The SMILES string of the molecule is O=C(O)[C@H](CCCCN(C(=O)c1cc(O)c(O)c(O)c1)C(=O)c1cc(O)c(O)c(O)c1)N(C(=O)c1cc(O)c(O)c(O)c1)C(=O)c1cc(O)c(O)c(O)c1. The van der Waals surface area contributed by atoms with E-state index in [1.165, 1.54) is 0 Å². The molecule has 0 aliphatic carbocycles. The lowest BCUT2D eigenvalue weighted by atomic mass is 10.0. The molecular weight excluding hydrogens is 724 g/mol. The molecule has 4 aromatic carbocycles. The summed E-state index contributed by atoms with van der Waals surface area (Å²) < 4.78 is 0. The van der Waals surface area contributed by atoms with E-state index in [1.807, 2.05) is 0 Å². The maximum absolute atomic E-state index is 13.7. The van der Waals surface area contributed by atoms with Crippen LogP contribution in [-0.2, 0) is 4.79 Å². The van der Waals surface area contributed by atoms with E-state index in [-0.39, 0.29) is 17.7 Å². The van der Waals surface area contributed by atoms with E-state index in [9.17, 15) is 90.4 Å². The number of imide groups is 2. The largest absolute Gasteiger partial charge is 0.504 e. The Morgan fingerprint density at radius 2 is 0.685 bits per heavy atom. The molecule has 0 unspecified atom stereocenters. The second kappa shape index (κ2) is 15.2. The fourth-order valence-corrected chi connectivity index (χ4v) is 5.14. The molecular formula is C34H30N2O18. The van der Waals surface area contributed by atoms with Gasteiger partial charge in [0.1, 0.15) is 6.04 Å². The predicted molar refractivity (Wildman–Crippen MR) is 177 cm³/mol. The first-order valence-electron chi connectivity index (χ1n) is 15.2. The Balaban J connectivity index is 1.69. The average Bonchev–Trinajstić information content (AvgIpc) is 3.11. The Morgan fingerprint density at radius 3 is 0.944 bits per heavy atom. The number of unbranched alkanes of at least 4 members (excludes halogenated alkanes) is 1. The van der Waals surface area contributed by atoms with Crippen LogP contribution in [0, 0.1) is 0 Å². The standard InChI is InChI=1S/C34H30N2O18/c37-18-5-13(6-19(38)26(18)45)30(49)35(31(50)14-7-20(39)27(46)21(40)8-14)4-2-1-3-17(34(53)54)36(32(51)15-9-22(41)28(47)23(42)10-15)33(52)16-11-24(43)29(48)25(44)12-16/h5-12,17,37-48H,1-4H2,(H,53,54)/t17-/m0/s1. The maximum atomic E-state index is 13.7.